The maximum absolute atomic E-state index is 6.67. The molecule has 0 aliphatic carbocycles. The van der Waals surface area contributed by atoms with Crippen LogP contribution in [0.5, 0.6) is 0 Å². The van der Waals surface area contributed by atoms with Crippen molar-refractivity contribution < 1.29 is 4.42 Å². The van der Waals surface area contributed by atoms with Crippen molar-refractivity contribution in [3.05, 3.63) is 170 Å². The summed E-state index contributed by atoms with van der Waals surface area (Å²) in [4.78, 5) is 0. The lowest BCUT2D eigenvalue weighted by Gasteiger charge is -2.18. The van der Waals surface area contributed by atoms with Crippen molar-refractivity contribution in [3.8, 4) is 33.4 Å². The summed E-state index contributed by atoms with van der Waals surface area (Å²) in [5, 5.41) is 12.3. The van der Waals surface area contributed by atoms with Crippen molar-refractivity contribution in [1.29, 1.82) is 0 Å². The second-order valence-electron chi connectivity index (χ2n) is 12.4. The zero-order chi connectivity index (χ0) is 30.9. The normalized spacial score (nSPS) is 11.8. The van der Waals surface area contributed by atoms with Crippen LogP contribution in [-0.2, 0) is 0 Å². The SMILES string of the molecule is c1ccc2c(-c3c4ccccc4c(-c4ccc5oc6c(-c7cccc8ccccc78)cccc6c5c4)c4ccccc34)cccc2c1. The molecule has 0 bridgehead atoms. The lowest BCUT2D eigenvalue weighted by molar-refractivity contribution is 0.670. The summed E-state index contributed by atoms with van der Waals surface area (Å²) < 4.78 is 6.67. The molecule has 0 aliphatic rings. The lowest BCUT2D eigenvalue weighted by atomic mass is 9.84. The van der Waals surface area contributed by atoms with Gasteiger partial charge in [-0.1, -0.05) is 158 Å². The summed E-state index contributed by atoms with van der Waals surface area (Å²) in [5.74, 6) is 0. The lowest BCUT2D eigenvalue weighted by Crippen LogP contribution is -1.91. The predicted molar refractivity (Wildman–Crippen MR) is 200 cm³/mol. The summed E-state index contributed by atoms with van der Waals surface area (Å²) in [6.45, 7) is 0. The Kier molecular flexibility index (Phi) is 5.64. The van der Waals surface area contributed by atoms with Gasteiger partial charge in [0.05, 0.1) is 0 Å². The van der Waals surface area contributed by atoms with Gasteiger partial charge >= 0.3 is 0 Å². The van der Waals surface area contributed by atoms with Crippen molar-refractivity contribution in [3.63, 3.8) is 0 Å². The van der Waals surface area contributed by atoms with E-state index >= 15 is 0 Å². The monoisotopic (exact) mass is 596 g/mol. The summed E-state index contributed by atoms with van der Waals surface area (Å²) in [6, 6.07) is 61.5. The average molecular weight is 597 g/mol. The molecule has 1 aromatic heterocycles. The molecule has 0 fully saturated rings. The molecule has 0 spiro atoms. The van der Waals surface area contributed by atoms with Crippen LogP contribution in [0.2, 0.25) is 0 Å². The van der Waals surface area contributed by atoms with Gasteiger partial charge in [0.1, 0.15) is 11.2 Å². The van der Waals surface area contributed by atoms with Crippen molar-refractivity contribution in [2.45, 2.75) is 0 Å². The highest BCUT2D eigenvalue weighted by Crippen LogP contribution is 2.46. The number of para-hydroxylation sites is 1. The van der Waals surface area contributed by atoms with Gasteiger partial charge in [-0.15, -0.1) is 0 Å². The third kappa shape index (κ3) is 3.90. The van der Waals surface area contributed by atoms with Crippen LogP contribution in [0.4, 0.5) is 0 Å². The molecule has 0 saturated carbocycles. The molecule has 0 amide bonds. The van der Waals surface area contributed by atoms with Crippen LogP contribution < -0.4 is 0 Å². The van der Waals surface area contributed by atoms with Gasteiger partial charge in [-0.05, 0) is 83.0 Å². The highest BCUT2D eigenvalue weighted by atomic mass is 16.3. The zero-order valence-electron chi connectivity index (χ0n) is 25.6. The first-order chi connectivity index (χ1) is 23.3. The van der Waals surface area contributed by atoms with E-state index in [1.807, 2.05) is 0 Å². The first-order valence-corrected chi connectivity index (χ1v) is 16.2. The van der Waals surface area contributed by atoms with E-state index in [4.69, 9.17) is 4.42 Å². The Morgan fingerprint density at radius 1 is 0.298 bits per heavy atom. The van der Waals surface area contributed by atoms with Gasteiger partial charge in [0, 0.05) is 16.3 Å². The van der Waals surface area contributed by atoms with E-state index < -0.39 is 0 Å². The van der Waals surface area contributed by atoms with Crippen LogP contribution in [0.15, 0.2) is 174 Å². The van der Waals surface area contributed by atoms with Gasteiger partial charge in [-0.2, -0.15) is 0 Å². The highest BCUT2D eigenvalue weighted by Gasteiger charge is 2.20. The molecule has 0 aliphatic heterocycles. The zero-order valence-corrected chi connectivity index (χ0v) is 25.6. The summed E-state index contributed by atoms with van der Waals surface area (Å²) in [7, 11) is 0. The van der Waals surface area contributed by atoms with Gasteiger partial charge in [-0.3, -0.25) is 0 Å². The summed E-state index contributed by atoms with van der Waals surface area (Å²) >= 11 is 0. The second kappa shape index (κ2) is 10.2. The van der Waals surface area contributed by atoms with E-state index in [0.717, 1.165) is 27.5 Å². The molecule has 1 heterocycles. The molecule has 47 heavy (non-hydrogen) atoms. The van der Waals surface area contributed by atoms with E-state index in [-0.39, 0.29) is 0 Å². The number of hydrogen-bond donors (Lipinski definition) is 0. The average Bonchev–Trinajstić information content (AvgIpc) is 3.52. The highest BCUT2D eigenvalue weighted by molar-refractivity contribution is 6.24. The van der Waals surface area contributed by atoms with Crippen LogP contribution in [0.1, 0.15) is 0 Å². The number of furan rings is 1. The minimum Gasteiger partial charge on any atom is -0.455 e. The number of benzene rings is 9. The fraction of sp³-hybridized carbons (Fsp3) is 0. The van der Waals surface area contributed by atoms with Gasteiger partial charge in [0.25, 0.3) is 0 Å². The van der Waals surface area contributed by atoms with Crippen molar-refractivity contribution in [2.75, 3.05) is 0 Å². The van der Waals surface area contributed by atoms with Crippen LogP contribution in [0.3, 0.4) is 0 Å². The molecule has 10 aromatic rings. The Hall–Kier alpha value is -6.18. The molecule has 0 N–H and O–H groups in total. The maximum atomic E-state index is 6.67. The Balaban J connectivity index is 1.25. The molecule has 0 atom stereocenters. The molecular formula is C46H28O. The minimum absolute atomic E-state index is 0.900. The molecule has 1 heteroatoms. The van der Waals surface area contributed by atoms with Crippen molar-refractivity contribution in [1.82, 2.24) is 0 Å². The van der Waals surface area contributed by atoms with Crippen molar-refractivity contribution in [2.24, 2.45) is 0 Å². The predicted octanol–water partition coefficient (Wildman–Crippen LogP) is 13.2. The molecule has 0 unspecified atom stereocenters. The first kappa shape index (κ1) is 26.1. The molecule has 0 saturated heterocycles. The van der Waals surface area contributed by atoms with Crippen LogP contribution in [-0.4, -0.2) is 0 Å². The Morgan fingerprint density at radius 2 is 0.766 bits per heavy atom. The van der Waals surface area contributed by atoms with Crippen LogP contribution >= 0.6 is 0 Å². The molecule has 10 rings (SSSR count). The van der Waals surface area contributed by atoms with E-state index in [0.29, 0.717) is 0 Å². The molecule has 218 valence electrons. The van der Waals surface area contributed by atoms with Gasteiger partial charge in [0.2, 0.25) is 0 Å². The quantitative estimate of drug-likeness (QED) is 0.185. The molecule has 1 nitrogen and oxygen atoms in total. The van der Waals surface area contributed by atoms with E-state index in [1.165, 1.54) is 70.9 Å². The van der Waals surface area contributed by atoms with Crippen LogP contribution in [0, 0.1) is 0 Å². The number of fused-ring (bicyclic) bond motifs is 7. The first-order valence-electron chi connectivity index (χ1n) is 16.2. The summed E-state index contributed by atoms with van der Waals surface area (Å²) in [6.07, 6.45) is 0. The van der Waals surface area contributed by atoms with E-state index in [9.17, 15) is 0 Å². The van der Waals surface area contributed by atoms with E-state index in [1.54, 1.807) is 0 Å². The number of hydrogen-bond acceptors (Lipinski definition) is 1. The van der Waals surface area contributed by atoms with Gasteiger partial charge in [-0.25, -0.2) is 0 Å². The fourth-order valence-electron chi connectivity index (χ4n) is 7.80. The topological polar surface area (TPSA) is 13.1 Å². The Labute approximate surface area is 271 Å². The van der Waals surface area contributed by atoms with Gasteiger partial charge < -0.3 is 4.42 Å². The molecule has 0 radical (unpaired) electrons. The Bertz CT molecular complexity index is 2780. The largest absolute Gasteiger partial charge is 0.455 e. The summed E-state index contributed by atoms with van der Waals surface area (Å²) in [5.41, 5.74) is 9.12. The smallest absolute Gasteiger partial charge is 0.143 e. The molecule has 9 aromatic carbocycles. The fourth-order valence-corrected chi connectivity index (χ4v) is 7.80. The Morgan fingerprint density at radius 3 is 1.43 bits per heavy atom. The second-order valence-corrected chi connectivity index (χ2v) is 12.4. The van der Waals surface area contributed by atoms with Gasteiger partial charge in [0.15, 0.2) is 0 Å². The number of rotatable bonds is 3. The third-order valence-electron chi connectivity index (χ3n) is 9.86. The molecular weight excluding hydrogens is 569 g/mol. The standard InChI is InChI=1S/C46H28O/c1-3-16-32-29(12-1)14-9-22-34(32)40-24-11-25-41-42-28-31(26-27-43(42)47-46(40)41)44-36-18-5-7-20-38(36)45(39-21-8-6-19-37(39)44)35-23-10-15-30-13-2-4-17-33(30)35/h1-28H. The van der Waals surface area contributed by atoms with Crippen LogP contribution in [0.25, 0.3) is 98.4 Å². The van der Waals surface area contributed by atoms with Crippen molar-refractivity contribution >= 4 is 65.0 Å². The van der Waals surface area contributed by atoms with E-state index in [2.05, 4.69) is 170 Å². The maximum Gasteiger partial charge on any atom is 0.143 e. The third-order valence-corrected chi connectivity index (χ3v) is 9.86. The minimum atomic E-state index is 0.900.